The molecule has 2 rings (SSSR count). The Balaban J connectivity index is 1.98. The summed E-state index contributed by atoms with van der Waals surface area (Å²) in [5.74, 6) is -2.07. The van der Waals surface area contributed by atoms with E-state index >= 15 is 0 Å². The van der Waals surface area contributed by atoms with Gasteiger partial charge in [0.25, 0.3) is 5.91 Å². The molecule has 0 radical (unpaired) electrons. The number of ether oxygens (including phenoxy) is 1. The normalized spacial score (nSPS) is 14.5. The molecule has 6 heteroatoms. The summed E-state index contributed by atoms with van der Waals surface area (Å²) in [5, 5.41) is 8.79. The Bertz CT molecular complexity index is 497. The first-order valence-electron chi connectivity index (χ1n) is 6.01. The molecule has 0 bridgehead atoms. The lowest BCUT2D eigenvalue weighted by atomic mass is 10.2. The standard InChI is InChI=1S/C13H14FNO4/c14-10-5-9(13(17)18)6-11(7-10)19-8-12(16)15-3-1-2-4-15/h5-7H,1-4,8H2,(H,17,18). The molecule has 1 aliphatic heterocycles. The number of hydrogen-bond donors (Lipinski definition) is 1. The molecule has 1 saturated heterocycles. The van der Waals surface area contributed by atoms with Gasteiger partial charge >= 0.3 is 5.97 Å². The van der Waals surface area contributed by atoms with Crippen molar-refractivity contribution in [2.45, 2.75) is 12.8 Å². The van der Waals surface area contributed by atoms with Gasteiger partial charge in [-0.05, 0) is 25.0 Å². The lowest BCUT2D eigenvalue weighted by Crippen LogP contribution is -2.32. The van der Waals surface area contributed by atoms with E-state index in [1.54, 1.807) is 4.90 Å². The van der Waals surface area contributed by atoms with Crippen molar-refractivity contribution in [2.75, 3.05) is 19.7 Å². The number of aromatic carboxylic acids is 1. The smallest absolute Gasteiger partial charge is 0.335 e. The second kappa shape index (κ2) is 5.69. The first kappa shape index (κ1) is 13.3. The number of carboxylic acid groups (broad SMARTS) is 1. The number of rotatable bonds is 4. The predicted molar refractivity (Wildman–Crippen MR) is 64.7 cm³/mol. The number of benzene rings is 1. The number of carboxylic acids is 1. The highest BCUT2D eigenvalue weighted by molar-refractivity contribution is 5.88. The summed E-state index contributed by atoms with van der Waals surface area (Å²) in [4.78, 5) is 24.1. The number of carbonyl (C=O) groups is 2. The Kier molecular flexibility index (Phi) is 3.99. The fraction of sp³-hybridized carbons (Fsp3) is 0.385. The van der Waals surface area contributed by atoms with E-state index in [1.807, 2.05) is 0 Å². The van der Waals surface area contributed by atoms with E-state index < -0.39 is 11.8 Å². The average Bonchev–Trinajstić information content (AvgIpc) is 2.89. The molecular formula is C13H14FNO4. The molecule has 1 N–H and O–H groups in total. The molecule has 0 aromatic heterocycles. The van der Waals surface area contributed by atoms with Crippen LogP contribution in [0.1, 0.15) is 23.2 Å². The van der Waals surface area contributed by atoms with Crippen molar-refractivity contribution in [3.05, 3.63) is 29.6 Å². The zero-order valence-electron chi connectivity index (χ0n) is 10.3. The monoisotopic (exact) mass is 267 g/mol. The topological polar surface area (TPSA) is 66.8 Å². The molecule has 1 heterocycles. The lowest BCUT2D eigenvalue weighted by molar-refractivity contribution is -0.132. The number of nitrogens with zero attached hydrogens (tertiary/aromatic N) is 1. The van der Waals surface area contributed by atoms with Crippen LogP contribution < -0.4 is 4.74 Å². The van der Waals surface area contributed by atoms with Crippen LogP contribution >= 0.6 is 0 Å². The van der Waals surface area contributed by atoms with E-state index in [0.29, 0.717) is 13.1 Å². The van der Waals surface area contributed by atoms with Gasteiger partial charge in [-0.2, -0.15) is 0 Å². The van der Waals surface area contributed by atoms with Gasteiger partial charge in [-0.25, -0.2) is 9.18 Å². The zero-order valence-corrected chi connectivity index (χ0v) is 10.3. The van der Waals surface area contributed by atoms with Gasteiger partial charge in [0.05, 0.1) is 5.56 Å². The van der Waals surface area contributed by atoms with E-state index in [0.717, 1.165) is 25.0 Å². The van der Waals surface area contributed by atoms with Crippen LogP contribution in [0.3, 0.4) is 0 Å². The van der Waals surface area contributed by atoms with Crippen molar-refractivity contribution in [1.82, 2.24) is 4.90 Å². The molecule has 19 heavy (non-hydrogen) atoms. The molecule has 1 aliphatic rings. The maximum absolute atomic E-state index is 13.2. The summed E-state index contributed by atoms with van der Waals surface area (Å²) in [6.07, 6.45) is 1.96. The Morgan fingerprint density at radius 2 is 1.95 bits per heavy atom. The minimum absolute atomic E-state index is 0.0462. The van der Waals surface area contributed by atoms with Crippen LogP contribution in [0.2, 0.25) is 0 Å². The molecule has 1 amide bonds. The van der Waals surface area contributed by atoms with Crippen LogP contribution in [0.5, 0.6) is 5.75 Å². The minimum atomic E-state index is -1.24. The maximum atomic E-state index is 13.2. The van der Waals surface area contributed by atoms with Gasteiger partial charge in [-0.3, -0.25) is 4.79 Å². The fourth-order valence-electron chi connectivity index (χ4n) is 1.97. The highest BCUT2D eigenvalue weighted by Crippen LogP contribution is 2.17. The second-order valence-corrected chi connectivity index (χ2v) is 4.36. The molecule has 0 atom stereocenters. The van der Waals surface area contributed by atoms with Crippen LogP contribution in [-0.4, -0.2) is 41.6 Å². The van der Waals surface area contributed by atoms with E-state index in [-0.39, 0.29) is 23.8 Å². The van der Waals surface area contributed by atoms with Gasteiger partial charge in [0, 0.05) is 19.2 Å². The largest absolute Gasteiger partial charge is 0.484 e. The van der Waals surface area contributed by atoms with Gasteiger partial charge in [-0.1, -0.05) is 0 Å². The van der Waals surface area contributed by atoms with Gasteiger partial charge < -0.3 is 14.7 Å². The number of likely N-dealkylation sites (tertiary alicyclic amines) is 1. The quantitative estimate of drug-likeness (QED) is 0.898. The second-order valence-electron chi connectivity index (χ2n) is 4.36. The van der Waals surface area contributed by atoms with Crippen LogP contribution in [0.15, 0.2) is 18.2 Å². The summed E-state index contributed by atoms with van der Waals surface area (Å²) in [6, 6.07) is 3.16. The minimum Gasteiger partial charge on any atom is -0.484 e. The molecule has 0 aliphatic carbocycles. The first-order valence-corrected chi connectivity index (χ1v) is 6.01. The molecule has 102 valence electrons. The molecule has 0 unspecified atom stereocenters. The Morgan fingerprint density at radius 1 is 1.26 bits per heavy atom. The third-order valence-corrected chi connectivity index (χ3v) is 2.94. The van der Waals surface area contributed by atoms with Crippen molar-refractivity contribution in [2.24, 2.45) is 0 Å². The summed E-state index contributed by atoms with van der Waals surface area (Å²) in [6.45, 7) is 1.22. The van der Waals surface area contributed by atoms with Gasteiger partial charge in [0.15, 0.2) is 6.61 Å². The first-order chi connectivity index (χ1) is 9.06. The SMILES string of the molecule is O=C(O)c1cc(F)cc(OCC(=O)N2CCCC2)c1. The molecule has 0 saturated carbocycles. The molecule has 5 nitrogen and oxygen atoms in total. The van der Waals surface area contributed by atoms with Crippen molar-refractivity contribution in [3.63, 3.8) is 0 Å². The maximum Gasteiger partial charge on any atom is 0.335 e. The van der Waals surface area contributed by atoms with Gasteiger partial charge in [-0.15, -0.1) is 0 Å². The van der Waals surface area contributed by atoms with Gasteiger partial charge in [0.2, 0.25) is 0 Å². The summed E-state index contributed by atoms with van der Waals surface area (Å²) < 4.78 is 18.3. The number of amides is 1. The van der Waals surface area contributed by atoms with Crippen LogP contribution in [0.4, 0.5) is 4.39 Å². The summed E-state index contributed by atoms with van der Waals surface area (Å²) in [5.41, 5.74) is -0.205. The molecular weight excluding hydrogens is 253 g/mol. The summed E-state index contributed by atoms with van der Waals surface area (Å²) in [7, 11) is 0. The van der Waals surface area contributed by atoms with Crippen LogP contribution in [0, 0.1) is 5.82 Å². The average molecular weight is 267 g/mol. The summed E-state index contributed by atoms with van der Waals surface area (Å²) >= 11 is 0. The van der Waals surface area contributed by atoms with E-state index in [9.17, 15) is 14.0 Å². The van der Waals surface area contributed by atoms with Crippen LogP contribution in [-0.2, 0) is 4.79 Å². The van der Waals surface area contributed by atoms with E-state index in [1.165, 1.54) is 6.07 Å². The number of hydrogen-bond acceptors (Lipinski definition) is 3. The van der Waals surface area contributed by atoms with Crippen molar-refractivity contribution >= 4 is 11.9 Å². The van der Waals surface area contributed by atoms with E-state index in [2.05, 4.69) is 0 Å². The number of halogens is 1. The lowest BCUT2D eigenvalue weighted by Gasteiger charge is -2.15. The number of carbonyl (C=O) groups excluding carboxylic acids is 1. The predicted octanol–water partition coefficient (Wildman–Crippen LogP) is 1.53. The molecule has 1 fully saturated rings. The Morgan fingerprint density at radius 3 is 2.58 bits per heavy atom. The van der Waals surface area contributed by atoms with Crippen LogP contribution in [0.25, 0.3) is 0 Å². The van der Waals surface area contributed by atoms with Crippen molar-refractivity contribution < 1.29 is 23.8 Å². The fourth-order valence-corrected chi connectivity index (χ4v) is 1.97. The van der Waals surface area contributed by atoms with Crippen molar-refractivity contribution in [3.8, 4) is 5.75 Å². The Labute approximate surface area is 109 Å². The third-order valence-electron chi connectivity index (χ3n) is 2.94. The molecule has 1 aromatic carbocycles. The zero-order chi connectivity index (χ0) is 13.8. The molecule has 0 spiro atoms. The van der Waals surface area contributed by atoms with Gasteiger partial charge in [0.1, 0.15) is 11.6 Å². The Hall–Kier alpha value is -2.11. The van der Waals surface area contributed by atoms with Crippen molar-refractivity contribution in [1.29, 1.82) is 0 Å². The third kappa shape index (κ3) is 3.43. The highest BCUT2D eigenvalue weighted by Gasteiger charge is 2.18. The highest BCUT2D eigenvalue weighted by atomic mass is 19.1. The molecule has 1 aromatic rings. The van der Waals surface area contributed by atoms with E-state index in [4.69, 9.17) is 9.84 Å².